The van der Waals surface area contributed by atoms with Crippen LogP contribution in [0.3, 0.4) is 0 Å². The van der Waals surface area contributed by atoms with Crippen molar-refractivity contribution < 1.29 is 28.7 Å². The van der Waals surface area contributed by atoms with E-state index in [0.717, 1.165) is 11.6 Å². The second-order valence-electron chi connectivity index (χ2n) is 6.38. The molecule has 2 aromatic rings. The van der Waals surface area contributed by atoms with E-state index in [4.69, 9.17) is 14.2 Å². The molecule has 0 saturated carbocycles. The lowest BCUT2D eigenvalue weighted by molar-refractivity contribution is -0.385. The van der Waals surface area contributed by atoms with Crippen molar-refractivity contribution in [3.05, 3.63) is 57.6 Å². The second-order valence-corrected chi connectivity index (χ2v) is 6.38. The Labute approximate surface area is 160 Å². The molecule has 0 bridgehead atoms. The fourth-order valence-corrected chi connectivity index (χ4v) is 2.60. The number of anilines is 1. The summed E-state index contributed by atoms with van der Waals surface area (Å²) in [6.07, 6.45) is 0. The van der Waals surface area contributed by atoms with Crippen molar-refractivity contribution >= 4 is 23.3 Å². The number of nitro groups is 1. The Hall–Kier alpha value is -3.62. The number of carbonyl (C=O) groups excluding carboxylic acids is 2. The van der Waals surface area contributed by atoms with Crippen LogP contribution in [0.25, 0.3) is 0 Å². The monoisotopic (exact) mass is 386 g/mol. The molecule has 0 radical (unpaired) electrons. The van der Waals surface area contributed by atoms with Gasteiger partial charge in [0.15, 0.2) is 18.1 Å². The van der Waals surface area contributed by atoms with Crippen molar-refractivity contribution in [1.29, 1.82) is 0 Å². The molecule has 1 heterocycles. The number of hydrogen-bond acceptors (Lipinski definition) is 7. The highest BCUT2D eigenvalue weighted by atomic mass is 16.7. The average Bonchev–Trinajstić information content (AvgIpc) is 3.13. The number of nitrogens with one attached hydrogen (secondary N) is 1. The average molecular weight is 386 g/mol. The lowest BCUT2D eigenvalue weighted by Crippen LogP contribution is -2.21. The molecule has 1 N–H and O–H groups in total. The maximum Gasteiger partial charge on any atom is 0.345 e. The first kappa shape index (κ1) is 19.2. The fourth-order valence-electron chi connectivity index (χ4n) is 2.60. The second kappa shape index (κ2) is 7.95. The molecule has 1 aliphatic rings. The number of nitro benzene ring substituents is 1. The zero-order valence-electron chi connectivity index (χ0n) is 15.3. The van der Waals surface area contributed by atoms with Crippen LogP contribution in [0.5, 0.6) is 11.5 Å². The zero-order valence-corrected chi connectivity index (χ0v) is 15.3. The number of hydrogen-bond donors (Lipinski definition) is 1. The summed E-state index contributed by atoms with van der Waals surface area (Å²) in [7, 11) is 0. The number of fused-ring (bicyclic) bond motifs is 1. The highest BCUT2D eigenvalue weighted by molar-refractivity contribution is 5.98. The van der Waals surface area contributed by atoms with E-state index in [-0.39, 0.29) is 23.9 Å². The Bertz CT molecular complexity index is 923. The van der Waals surface area contributed by atoms with Crippen LogP contribution in [0.15, 0.2) is 36.4 Å². The molecule has 2 aromatic carbocycles. The normalized spacial score (nSPS) is 12.0. The lowest BCUT2D eigenvalue weighted by Gasteiger charge is -2.09. The van der Waals surface area contributed by atoms with E-state index < -0.39 is 29.1 Å². The molecule has 0 saturated heterocycles. The van der Waals surface area contributed by atoms with Gasteiger partial charge in [0, 0.05) is 11.8 Å². The molecule has 0 fully saturated rings. The predicted octanol–water partition coefficient (Wildman–Crippen LogP) is 3.24. The maximum absolute atomic E-state index is 12.2. The standard InChI is InChI=1S/C19H18N2O7/c1-11(2)12-3-5-13(6-4-12)20-18(22)9-26-19(23)14-7-16-17(28-10-27-16)8-15(14)21(24)25/h3-8,11H,9-10H2,1-2H3,(H,20,22). The molecule has 9 heteroatoms. The van der Waals surface area contributed by atoms with Crippen molar-refractivity contribution in [3.8, 4) is 11.5 Å². The third kappa shape index (κ3) is 4.20. The van der Waals surface area contributed by atoms with Crippen LogP contribution in [0, 0.1) is 10.1 Å². The highest BCUT2D eigenvalue weighted by Gasteiger charge is 2.28. The van der Waals surface area contributed by atoms with Gasteiger partial charge in [0.2, 0.25) is 6.79 Å². The Morgan fingerprint density at radius 2 is 1.82 bits per heavy atom. The van der Waals surface area contributed by atoms with Gasteiger partial charge in [-0.1, -0.05) is 26.0 Å². The summed E-state index contributed by atoms with van der Waals surface area (Å²) in [6, 6.07) is 9.54. The van der Waals surface area contributed by atoms with Gasteiger partial charge in [0.05, 0.1) is 11.0 Å². The Balaban J connectivity index is 1.64. The summed E-state index contributed by atoms with van der Waals surface area (Å²) in [5.74, 6) is -0.828. The third-order valence-electron chi connectivity index (χ3n) is 4.10. The lowest BCUT2D eigenvalue weighted by atomic mass is 10.0. The Kier molecular flexibility index (Phi) is 5.44. The number of rotatable bonds is 6. The molecule has 0 aromatic heterocycles. The van der Waals surface area contributed by atoms with Crippen LogP contribution in [-0.4, -0.2) is 30.2 Å². The van der Waals surface area contributed by atoms with Crippen LogP contribution < -0.4 is 14.8 Å². The van der Waals surface area contributed by atoms with Crippen molar-refractivity contribution in [2.45, 2.75) is 19.8 Å². The van der Waals surface area contributed by atoms with Gasteiger partial charge in [0.1, 0.15) is 5.56 Å². The summed E-state index contributed by atoms with van der Waals surface area (Å²) in [6.45, 7) is 3.43. The van der Waals surface area contributed by atoms with E-state index >= 15 is 0 Å². The van der Waals surface area contributed by atoms with Crippen LogP contribution >= 0.6 is 0 Å². The van der Waals surface area contributed by atoms with E-state index in [0.29, 0.717) is 11.6 Å². The minimum absolute atomic E-state index is 0.0943. The van der Waals surface area contributed by atoms with Gasteiger partial charge in [-0.15, -0.1) is 0 Å². The van der Waals surface area contributed by atoms with Crippen molar-refractivity contribution in [2.24, 2.45) is 0 Å². The molecule has 0 unspecified atom stereocenters. The van der Waals surface area contributed by atoms with Gasteiger partial charge in [-0.25, -0.2) is 4.79 Å². The first-order valence-electron chi connectivity index (χ1n) is 8.50. The third-order valence-corrected chi connectivity index (χ3v) is 4.10. The van der Waals surface area contributed by atoms with Crippen LogP contribution in [0.1, 0.15) is 35.7 Å². The Morgan fingerprint density at radius 1 is 1.18 bits per heavy atom. The van der Waals surface area contributed by atoms with E-state index in [1.807, 2.05) is 12.1 Å². The van der Waals surface area contributed by atoms with Gasteiger partial charge in [-0.2, -0.15) is 0 Å². The molecule has 1 amide bonds. The van der Waals surface area contributed by atoms with E-state index in [2.05, 4.69) is 19.2 Å². The Morgan fingerprint density at radius 3 is 2.43 bits per heavy atom. The fraction of sp³-hybridized carbons (Fsp3) is 0.263. The number of nitrogens with zero attached hydrogens (tertiary/aromatic N) is 1. The van der Waals surface area contributed by atoms with E-state index in [1.165, 1.54) is 6.07 Å². The van der Waals surface area contributed by atoms with Crippen molar-refractivity contribution in [3.63, 3.8) is 0 Å². The summed E-state index contributed by atoms with van der Waals surface area (Å²) >= 11 is 0. The number of esters is 1. The van der Waals surface area contributed by atoms with Gasteiger partial charge in [-0.05, 0) is 23.6 Å². The van der Waals surface area contributed by atoms with Gasteiger partial charge in [-0.3, -0.25) is 14.9 Å². The molecule has 3 rings (SSSR count). The van der Waals surface area contributed by atoms with Gasteiger partial charge in [0.25, 0.3) is 11.6 Å². The predicted molar refractivity (Wildman–Crippen MR) is 98.7 cm³/mol. The van der Waals surface area contributed by atoms with E-state index in [1.54, 1.807) is 12.1 Å². The topological polar surface area (TPSA) is 117 Å². The molecule has 0 spiro atoms. The molecule has 9 nitrogen and oxygen atoms in total. The minimum Gasteiger partial charge on any atom is -0.454 e. The smallest absolute Gasteiger partial charge is 0.345 e. The van der Waals surface area contributed by atoms with Crippen LogP contribution in [0.2, 0.25) is 0 Å². The van der Waals surface area contributed by atoms with Crippen LogP contribution in [-0.2, 0) is 9.53 Å². The number of amides is 1. The molecule has 0 atom stereocenters. The zero-order chi connectivity index (χ0) is 20.3. The maximum atomic E-state index is 12.2. The summed E-state index contributed by atoms with van der Waals surface area (Å²) in [5.41, 5.74) is 0.876. The first-order valence-corrected chi connectivity index (χ1v) is 8.50. The minimum atomic E-state index is -1.00. The molecular weight excluding hydrogens is 368 g/mol. The van der Waals surface area contributed by atoms with Crippen LogP contribution in [0.4, 0.5) is 11.4 Å². The molecule has 1 aliphatic heterocycles. The number of ether oxygens (including phenoxy) is 3. The number of benzene rings is 2. The molecular formula is C19H18N2O7. The molecule has 146 valence electrons. The molecule has 0 aliphatic carbocycles. The quantitative estimate of drug-likeness (QED) is 0.460. The largest absolute Gasteiger partial charge is 0.454 e. The summed E-state index contributed by atoms with van der Waals surface area (Å²) < 4.78 is 15.1. The number of carbonyl (C=O) groups is 2. The highest BCUT2D eigenvalue weighted by Crippen LogP contribution is 2.38. The van der Waals surface area contributed by atoms with Gasteiger partial charge < -0.3 is 19.5 Å². The summed E-state index contributed by atoms with van der Waals surface area (Å²) in [5, 5.41) is 13.8. The molecule has 28 heavy (non-hydrogen) atoms. The van der Waals surface area contributed by atoms with E-state index in [9.17, 15) is 19.7 Å². The van der Waals surface area contributed by atoms with Crippen molar-refractivity contribution in [1.82, 2.24) is 0 Å². The SMILES string of the molecule is CC(C)c1ccc(NC(=O)COC(=O)c2cc3c(cc2[N+](=O)[O-])OCO3)cc1. The van der Waals surface area contributed by atoms with Gasteiger partial charge >= 0.3 is 5.97 Å². The summed E-state index contributed by atoms with van der Waals surface area (Å²) in [4.78, 5) is 34.7. The first-order chi connectivity index (χ1) is 13.3. The van der Waals surface area contributed by atoms with Crippen molar-refractivity contribution in [2.75, 3.05) is 18.7 Å².